The topological polar surface area (TPSA) is 64.0 Å². The number of carbonyl (C=O) groups excluding carboxylic acids is 1. The number of anilines is 1. The van der Waals surface area contributed by atoms with Crippen LogP contribution in [-0.4, -0.2) is 21.2 Å². The Hall–Kier alpha value is -3.11. The third-order valence-corrected chi connectivity index (χ3v) is 6.95. The van der Waals surface area contributed by atoms with E-state index in [0.717, 1.165) is 28.3 Å². The molecular formula is C23H18F3N3O2S2. The highest BCUT2D eigenvalue weighted by Gasteiger charge is 2.33. The van der Waals surface area contributed by atoms with Crippen LogP contribution in [0.15, 0.2) is 70.6 Å². The quantitative estimate of drug-likeness (QED) is 0.271. The molecule has 4 aromatic rings. The molecule has 0 aliphatic rings. The van der Waals surface area contributed by atoms with Crippen LogP contribution in [0, 0.1) is 0 Å². The van der Waals surface area contributed by atoms with Crippen LogP contribution in [-0.2, 0) is 17.5 Å². The molecule has 170 valence electrons. The van der Waals surface area contributed by atoms with E-state index in [1.807, 2.05) is 36.4 Å². The first kappa shape index (κ1) is 23.1. The second kappa shape index (κ2) is 9.40. The Morgan fingerprint density at radius 2 is 1.82 bits per heavy atom. The number of thioether (sulfide) groups is 1. The lowest BCUT2D eigenvalue weighted by molar-refractivity contribution is -0.137. The lowest BCUT2D eigenvalue weighted by Gasteiger charge is -2.14. The number of nitrogens with one attached hydrogen (secondary N) is 1. The Balaban J connectivity index is 1.58. The largest absolute Gasteiger partial charge is 0.418 e. The first-order valence-electron chi connectivity index (χ1n) is 9.96. The maximum atomic E-state index is 13.2. The van der Waals surface area contributed by atoms with Crippen molar-refractivity contribution in [2.75, 3.05) is 11.1 Å². The van der Waals surface area contributed by atoms with Gasteiger partial charge in [-0.1, -0.05) is 54.2 Å². The summed E-state index contributed by atoms with van der Waals surface area (Å²) in [5.74, 6) is -0.816. The van der Waals surface area contributed by atoms with Crippen molar-refractivity contribution < 1.29 is 18.0 Å². The fourth-order valence-corrected chi connectivity index (χ4v) is 5.19. The van der Waals surface area contributed by atoms with Gasteiger partial charge in [0.1, 0.15) is 4.70 Å². The molecule has 33 heavy (non-hydrogen) atoms. The molecule has 0 aliphatic heterocycles. The third kappa shape index (κ3) is 4.96. The number of nitrogens with zero attached hydrogens (tertiary/aromatic N) is 2. The van der Waals surface area contributed by atoms with E-state index in [0.29, 0.717) is 21.9 Å². The number of thiophene rings is 1. The SMILES string of the molecule is CCn1c(SCC(=O)Nc2ccccc2C(F)(F)F)nc2cc(-c3ccccc3)sc2c1=O. The number of hydrogen-bond donors (Lipinski definition) is 1. The molecule has 0 spiro atoms. The zero-order valence-corrected chi connectivity index (χ0v) is 19.0. The summed E-state index contributed by atoms with van der Waals surface area (Å²) in [6.07, 6.45) is -4.58. The molecule has 0 fully saturated rings. The van der Waals surface area contributed by atoms with E-state index in [2.05, 4.69) is 10.3 Å². The van der Waals surface area contributed by atoms with Gasteiger partial charge in [0.15, 0.2) is 5.16 Å². The van der Waals surface area contributed by atoms with Crippen molar-refractivity contribution in [3.8, 4) is 10.4 Å². The highest BCUT2D eigenvalue weighted by Crippen LogP contribution is 2.35. The van der Waals surface area contributed by atoms with Crippen molar-refractivity contribution in [2.24, 2.45) is 0 Å². The highest BCUT2D eigenvalue weighted by atomic mass is 32.2. The zero-order valence-electron chi connectivity index (χ0n) is 17.3. The molecule has 2 heterocycles. The first-order valence-corrected chi connectivity index (χ1v) is 11.8. The smallest absolute Gasteiger partial charge is 0.325 e. The number of hydrogen-bond acceptors (Lipinski definition) is 5. The van der Waals surface area contributed by atoms with Crippen molar-refractivity contribution in [2.45, 2.75) is 24.8 Å². The second-order valence-corrected chi connectivity index (χ2v) is 9.01. The molecule has 5 nitrogen and oxygen atoms in total. The lowest BCUT2D eigenvalue weighted by Crippen LogP contribution is -2.23. The van der Waals surface area contributed by atoms with Crippen molar-refractivity contribution in [3.63, 3.8) is 0 Å². The van der Waals surface area contributed by atoms with Gasteiger partial charge in [0.25, 0.3) is 5.56 Å². The fraction of sp³-hybridized carbons (Fsp3) is 0.174. The summed E-state index contributed by atoms with van der Waals surface area (Å²) in [6, 6.07) is 16.3. The number of halogens is 3. The molecule has 0 saturated heterocycles. The molecule has 0 aliphatic carbocycles. The number of rotatable bonds is 6. The maximum absolute atomic E-state index is 13.2. The fourth-order valence-electron chi connectivity index (χ4n) is 3.28. The molecule has 2 aromatic carbocycles. The Morgan fingerprint density at radius 3 is 2.52 bits per heavy atom. The minimum Gasteiger partial charge on any atom is -0.325 e. The van der Waals surface area contributed by atoms with Gasteiger partial charge in [-0.25, -0.2) is 4.98 Å². The lowest BCUT2D eigenvalue weighted by atomic mass is 10.1. The number of benzene rings is 2. The van der Waals surface area contributed by atoms with E-state index in [9.17, 15) is 22.8 Å². The third-order valence-electron chi connectivity index (χ3n) is 4.81. The average Bonchev–Trinajstić information content (AvgIpc) is 3.23. The van der Waals surface area contributed by atoms with E-state index in [4.69, 9.17) is 0 Å². The molecular weight excluding hydrogens is 471 g/mol. The molecule has 0 bridgehead atoms. The van der Waals surface area contributed by atoms with Crippen LogP contribution in [0.1, 0.15) is 12.5 Å². The van der Waals surface area contributed by atoms with Gasteiger partial charge in [-0.05, 0) is 30.7 Å². The standard InChI is InChI=1S/C23H18F3N3O2S2/c1-2-29-21(31)20-17(12-18(33-20)14-8-4-3-5-9-14)28-22(29)32-13-19(30)27-16-11-7-6-10-15(16)23(24,25)26/h3-12H,2,13H2,1H3,(H,27,30). The van der Waals surface area contributed by atoms with Gasteiger partial charge in [-0.15, -0.1) is 11.3 Å². The van der Waals surface area contributed by atoms with Gasteiger partial charge in [-0.2, -0.15) is 13.2 Å². The molecule has 0 radical (unpaired) electrons. The Morgan fingerprint density at radius 1 is 1.12 bits per heavy atom. The molecule has 0 atom stereocenters. The minimum absolute atomic E-state index is 0.195. The van der Waals surface area contributed by atoms with Crippen molar-refractivity contribution >= 4 is 44.9 Å². The van der Waals surface area contributed by atoms with Crippen LogP contribution in [0.2, 0.25) is 0 Å². The zero-order chi connectivity index (χ0) is 23.6. The van der Waals surface area contributed by atoms with Crippen LogP contribution in [0.4, 0.5) is 18.9 Å². The number of para-hydroxylation sites is 1. The molecule has 1 N–H and O–H groups in total. The van der Waals surface area contributed by atoms with Crippen LogP contribution in [0.5, 0.6) is 0 Å². The van der Waals surface area contributed by atoms with Gasteiger partial charge in [0.2, 0.25) is 5.91 Å². The summed E-state index contributed by atoms with van der Waals surface area (Å²) in [7, 11) is 0. The first-order chi connectivity index (χ1) is 15.8. The summed E-state index contributed by atoms with van der Waals surface area (Å²) >= 11 is 2.36. The number of aromatic nitrogens is 2. The number of alkyl halides is 3. The van der Waals surface area contributed by atoms with Gasteiger partial charge in [0.05, 0.1) is 22.5 Å². The van der Waals surface area contributed by atoms with Crippen molar-refractivity contribution in [1.29, 1.82) is 0 Å². The van der Waals surface area contributed by atoms with Crippen LogP contribution in [0.3, 0.4) is 0 Å². The second-order valence-electron chi connectivity index (χ2n) is 7.02. The maximum Gasteiger partial charge on any atom is 0.418 e. The van der Waals surface area contributed by atoms with E-state index in [-0.39, 0.29) is 17.0 Å². The Kier molecular flexibility index (Phi) is 6.57. The van der Waals surface area contributed by atoms with Crippen LogP contribution >= 0.6 is 23.1 Å². The Labute approximate surface area is 195 Å². The highest BCUT2D eigenvalue weighted by molar-refractivity contribution is 7.99. The Bertz CT molecular complexity index is 1370. The summed E-state index contributed by atoms with van der Waals surface area (Å²) in [5, 5.41) is 2.65. The monoisotopic (exact) mass is 489 g/mol. The van der Waals surface area contributed by atoms with E-state index >= 15 is 0 Å². The predicted molar refractivity (Wildman–Crippen MR) is 126 cm³/mol. The van der Waals surface area contributed by atoms with E-state index in [1.54, 1.807) is 6.92 Å². The molecule has 2 aromatic heterocycles. The van der Waals surface area contributed by atoms with E-state index < -0.39 is 17.6 Å². The molecule has 4 rings (SSSR count). The van der Waals surface area contributed by atoms with Crippen LogP contribution < -0.4 is 10.9 Å². The average molecular weight is 490 g/mol. The number of carbonyl (C=O) groups is 1. The number of fused-ring (bicyclic) bond motifs is 1. The van der Waals surface area contributed by atoms with Crippen molar-refractivity contribution in [3.05, 3.63) is 76.6 Å². The molecule has 0 saturated carbocycles. The molecule has 10 heteroatoms. The van der Waals surface area contributed by atoms with Gasteiger partial charge < -0.3 is 5.32 Å². The molecule has 1 amide bonds. The van der Waals surface area contributed by atoms with Gasteiger partial charge in [0, 0.05) is 11.4 Å². The summed E-state index contributed by atoms with van der Waals surface area (Å²) in [6.45, 7) is 2.14. The minimum atomic E-state index is -4.58. The van der Waals surface area contributed by atoms with Crippen molar-refractivity contribution in [1.82, 2.24) is 9.55 Å². The van der Waals surface area contributed by atoms with Gasteiger partial charge >= 0.3 is 6.18 Å². The summed E-state index contributed by atoms with van der Waals surface area (Å²) in [5.41, 5.74) is 0.0658. The predicted octanol–water partition coefficient (Wildman–Crippen LogP) is 5.89. The van der Waals surface area contributed by atoms with Crippen LogP contribution in [0.25, 0.3) is 20.7 Å². The summed E-state index contributed by atoms with van der Waals surface area (Å²) in [4.78, 5) is 30.9. The summed E-state index contributed by atoms with van der Waals surface area (Å²) < 4.78 is 41.5. The normalized spacial score (nSPS) is 11.6. The van der Waals surface area contributed by atoms with E-state index in [1.165, 1.54) is 34.1 Å². The molecule has 0 unspecified atom stereocenters. The number of amides is 1. The van der Waals surface area contributed by atoms with Gasteiger partial charge in [-0.3, -0.25) is 14.2 Å².